The first-order valence-electron chi connectivity index (χ1n) is 6.36. The highest BCUT2D eigenvalue weighted by Crippen LogP contribution is 2.28. The number of alkyl halides is 1. The summed E-state index contributed by atoms with van der Waals surface area (Å²) in [5.41, 5.74) is 0. The largest absolute Gasteiger partial charge is 0.352 e. The summed E-state index contributed by atoms with van der Waals surface area (Å²) in [5.74, 6) is 1.00. The summed E-state index contributed by atoms with van der Waals surface area (Å²) in [4.78, 5) is 11.1. The van der Waals surface area contributed by atoms with E-state index in [1.54, 1.807) is 0 Å². The minimum Gasteiger partial charge on any atom is -0.352 e. The van der Waals surface area contributed by atoms with Crippen LogP contribution in [0, 0.1) is 5.92 Å². The van der Waals surface area contributed by atoms with Crippen LogP contribution in [0.15, 0.2) is 0 Å². The molecule has 1 amide bonds. The molecule has 0 bridgehead atoms. The van der Waals surface area contributed by atoms with Crippen molar-refractivity contribution in [1.29, 1.82) is 0 Å². The maximum absolute atomic E-state index is 11.1. The minimum atomic E-state index is -0.0314. The molecule has 2 N–H and O–H groups in total. The van der Waals surface area contributed by atoms with Crippen molar-refractivity contribution >= 4 is 17.5 Å². The van der Waals surface area contributed by atoms with Gasteiger partial charge < -0.3 is 10.6 Å². The third-order valence-electron chi connectivity index (χ3n) is 3.61. The molecule has 2 rings (SSSR count). The molecule has 0 unspecified atom stereocenters. The van der Waals surface area contributed by atoms with Crippen LogP contribution in [-0.2, 0) is 4.79 Å². The molecule has 0 heterocycles. The van der Waals surface area contributed by atoms with Gasteiger partial charge in [-0.1, -0.05) is 0 Å². The molecule has 0 atom stereocenters. The molecule has 0 aromatic carbocycles. The van der Waals surface area contributed by atoms with Crippen LogP contribution in [0.4, 0.5) is 0 Å². The van der Waals surface area contributed by atoms with Crippen molar-refractivity contribution in [2.24, 2.45) is 5.92 Å². The van der Waals surface area contributed by atoms with E-state index in [0.29, 0.717) is 12.1 Å². The van der Waals surface area contributed by atoms with E-state index >= 15 is 0 Å². The molecule has 3 nitrogen and oxygen atoms in total. The molecule has 0 aliphatic heterocycles. The van der Waals surface area contributed by atoms with Crippen LogP contribution in [0.5, 0.6) is 0 Å². The average Bonchev–Trinajstić information content (AvgIpc) is 3.12. The normalized spacial score (nSPS) is 30.1. The number of carbonyl (C=O) groups is 1. The first-order valence-corrected chi connectivity index (χ1v) is 6.90. The monoisotopic (exact) mass is 244 g/mol. The van der Waals surface area contributed by atoms with Gasteiger partial charge in [-0.2, -0.15) is 0 Å². The number of halogens is 1. The maximum Gasteiger partial charge on any atom is 0.235 e. The standard InChI is InChI=1S/C12H21ClN2O/c13-7-12(16)15-11-5-3-10(4-6-11)14-8-9-1-2-9/h9-11,14H,1-8H2,(H,15,16). The van der Waals surface area contributed by atoms with Crippen molar-refractivity contribution in [3.8, 4) is 0 Å². The van der Waals surface area contributed by atoms with Crippen molar-refractivity contribution in [1.82, 2.24) is 10.6 Å². The highest BCUT2D eigenvalue weighted by Gasteiger charge is 2.25. The summed E-state index contributed by atoms with van der Waals surface area (Å²) in [6.07, 6.45) is 7.36. The van der Waals surface area contributed by atoms with E-state index in [-0.39, 0.29) is 11.8 Å². The van der Waals surface area contributed by atoms with Gasteiger partial charge in [-0.25, -0.2) is 0 Å². The van der Waals surface area contributed by atoms with Crippen LogP contribution in [0.25, 0.3) is 0 Å². The molecule has 92 valence electrons. The maximum atomic E-state index is 11.1. The molecule has 2 aliphatic carbocycles. The van der Waals surface area contributed by atoms with E-state index in [1.165, 1.54) is 32.2 Å². The zero-order chi connectivity index (χ0) is 11.4. The molecule has 2 fully saturated rings. The summed E-state index contributed by atoms with van der Waals surface area (Å²) in [5, 5.41) is 6.60. The molecule has 0 spiro atoms. The van der Waals surface area contributed by atoms with Gasteiger partial charge in [0.1, 0.15) is 5.88 Å². The molecule has 4 heteroatoms. The van der Waals surface area contributed by atoms with Crippen LogP contribution in [0.3, 0.4) is 0 Å². The van der Waals surface area contributed by atoms with E-state index < -0.39 is 0 Å². The number of carbonyl (C=O) groups excluding carboxylic acids is 1. The summed E-state index contributed by atoms with van der Waals surface area (Å²) in [6.45, 7) is 1.20. The predicted octanol–water partition coefficient (Wildman–Crippen LogP) is 1.65. The number of nitrogens with one attached hydrogen (secondary N) is 2. The quantitative estimate of drug-likeness (QED) is 0.723. The van der Waals surface area contributed by atoms with Crippen molar-refractivity contribution in [3.05, 3.63) is 0 Å². The second-order valence-corrected chi connectivity index (χ2v) is 5.37. The molecule has 0 aromatic rings. The molecule has 2 saturated carbocycles. The summed E-state index contributed by atoms with van der Waals surface area (Å²) in [7, 11) is 0. The van der Waals surface area contributed by atoms with Crippen molar-refractivity contribution < 1.29 is 4.79 Å². The van der Waals surface area contributed by atoms with Crippen molar-refractivity contribution in [2.75, 3.05) is 12.4 Å². The number of hydrogen-bond donors (Lipinski definition) is 2. The number of hydrogen-bond acceptors (Lipinski definition) is 2. The van der Waals surface area contributed by atoms with E-state index in [4.69, 9.17) is 11.6 Å². The second kappa shape index (κ2) is 5.87. The summed E-state index contributed by atoms with van der Waals surface area (Å²) < 4.78 is 0. The van der Waals surface area contributed by atoms with Gasteiger partial charge >= 0.3 is 0 Å². The third-order valence-corrected chi connectivity index (χ3v) is 3.85. The van der Waals surface area contributed by atoms with Gasteiger partial charge in [-0.3, -0.25) is 4.79 Å². The average molecular weight is 245 g/mol. The Balaban J connectivity index is 1.59. The van der Waals surface area contributed by atoms with Crippen molar-refractivity contribution in [2.45, 2.75) is 50.6 Å². The smallest absolute Gasteiger partial charge is 0.235 e. The Hall–Kier alpha value is -0.280. The van der Waals surface area contributed by atoms with Crippen LogP contribution in [0.1, 0.15) is 38.5 Å². The van der Waals surface area contributed by atoms with Crippen LogP contribution in [0.2, 0.25) is 0 Å². The minimum absolute atomic E-state index is 0.0314. The van der Waals surface area contributed by atoms with Gasteiger partial charge in [0.25, 0.3) is 0 Å². The zero-order valence-electron chi connectivity index (χ0n) is 9.68. The topological polar surface area (TPSA) is 41.1 Å². The lowest BCUT2D eigenvalue weighted by atomic mass is 9.91. The Bertz CT molecular complexity index is 235. The lowest BCUT2D eigenvalue weighted by Crippen LogP contribution is -2.42. The Morgan fingerprint density at radius 3 is 2.25 bits per heavy atom. The van der Waals surface area contributed by atoms with Gasteiger partial charge in [0.2, 0.25) is 5.91 Å². The Morgan fingerprint density at radius 1 is 1.06 bits per heavy atom. The summed E-state index contributed by atoms with van der Waals surface area (Å²) in [6, 6.07) is 1.02. The highest BCUT2D eigenvalue weighted by molar-refractivity contribution is 6.27. The molecule has 16 heavy (non-hydrogen) atoms. The molecule has 2 aliphatic rings. The van der Waals surface area contributed by atoms with Crippen LogP contribution in [-0.4, -0.2) is 30.4 Å². The van der Waals surface area contributed by atoms with Gasteiger partial charge in [0, 0.05) is 12.1 Å². The van der Waals surface area contributed by atoms with Crippen LogP contribution < -0.4 is 10.6 Å². The highest BCUT2D eigenvalue weighted by atomic mass is 35.5. The lowest BCUT2D eigenvalue weighted by molar-refractivity contribution is -0.119. The molecule has 0 radical (unpaired) electrons. The van der Waals surface area contributed by atoms with Crippen LogP contribution >= 0.6 is 11.6 Å². The lowest BCUT2D eigenvalue weighted by Gasteiger charge is -2.29. The van der Waals surface area contributed by atoms with Gasteiger partial charge in [-0.15, -0.1) is 11.6 Å². The fourth-order valence-electron chi connectivity index (χ4n) is 2.36. The van der Waals surface area contributed by atoms with Gasteiger partial charge in [0.15, 0.2) is 0 Å². The van der Waals surface area contributed by atoms with Gasteiger partial charge in [-0.05, 0) is 51.0 Å². The summed E-state index contributed by atoms with van der Waals surface area (Å²) >= 11 is 5.47. The van der Waals surface area contributed by atoms with E-state index in [9.17, 15) is 4.79 Å². The molecule has 0 aromatic heterocycles. The second-order valence-electron chi connectivity index (χ2n) is 5.10. The number of rotatable bonds is 5. The fourth-order valence-corrected chi connectivity index (χ4v) is 2.44. The predicted molar refractivity (Wildman–Crippen MR) is 65.6 cm³/mol. The third kappa shape index (κ3) is 3.95. The number of amides is 1. The Morgan fingerprint density at radius 2 is 1.69 bits per heavy atom. The van der Waals surface area contributed by atoms with E-state index in [0.717, 1.165) is 18.8 Å². The van der Waals surface area contributed by atoms with E-state index in [1.807, 2.05) is 0 Å². The van der Waals surface area contributed by atoms with Gasteiger partial charge in [0.05, 0.1) is 0 Å². The Labute approximate surface area is 102 Å². The SMILES string of the molecule is O=C(CCl)NC1CCC(NCC2CC2)CC1. The zero-order valence-corrected chi connectivity index (χ0v) is 10.4. The molecule has 0 saturated heterocycles. The molecular formula is C12H21ClN2O. The first-order chi connectivity index (χ1) is 7.78. The Kier molecular flexibility index (Phi) is 4.47. The molecular weight excluding hydrogens is 224 g/mol. The van der Waals surface area contributed by atoms with Crippen molar-refractivity contribution in [3.63, 3.8) is 0 Å². The fraction of sp³-hybridized carbons (Fsp3) is 0.917. The van der Waals surface area contributed by atoms with E-state index in [2.05, 4.69) is 10.6 Å². The first kappa shape index (κ1) is 12.2.